The van der Waals surface area contributed by atoms with E-state index in [0.717, 1.165) is 46.6 Å². The van der Waals surface area contributed by atoms with Gasteiger partial charge in [-0.25, -0.2) is 4.98 Å². The number of aryl methyl sites for hydroxylation is 2. The van der Waals surface area contributed by atoms with Gasteiger partial charge in [-0.1, -0.05) is 35.9 Å². The third-order valence-corrected chi connectivity index (χ3v) is 5.56. The Kier molecular flexibility index (Phi) is 5.05. The standard InChI is InChI=1S/C24H25N3O2/c1-14-10-12-17(13-11-14)22-21(24(29)27-20-9-4-6-15(2)25-20)16(3)26-18-7-5-8-19(28)23(18)22/h4,6,9-13,22,26H,5,7-8H2,1-3H3,(H,25,27,29). The first-order valence-corrected chi connectivity index (χ1v) is 9.99. The lowest BCUT2D eigenvalue weighted by atomic mass is 9.75. The molecular weight excluding hydrogens is 362 g/mol. The molecule has 0 saturated carbocycles. The van der Waals surface area contributed by atoms with Crippen molar-refractivity contribution >= 4 is 17.5 Å². The van der Waals surface area contributed by atoms with Crippen LogP contribution in [0.4, 0.5) is 5.82 Å². The van der Waals surface area contributed by atoms with Crippen LogP contribution in [0, 0.1) is 13.8 Å². The smallest absolute Gasteiger partial charge is 0.255 e. The maximum atomic E-state index is 13.3. The molecular formula is C24H25N3O2. The Balaban J connectivity index is 1.78. The molecule has 5 heteroatoms. The van der Waals surface area contributed by atoms with E-state index >= 15 is 0 Å². The molecule has 0 fully saturated rings. The van der Waals surface area contributed by atoms with E-state index < -0.39 is 0 Å². The molecule has 0 bridgehead atoms. The van der Waals surface area contributed by atoms with Crippen LogP contribution in [0.3, 0.4) is 0 Å². The number of rotatable bonds is 3. The molecule has 1 aromatic heterocycles. The normalized spacial score (nSPS) is 19.0. The number of amides is 1. The number of ketones is 1. The topological polar surface area (TPSA) is 71.1 Å². The van der Waals surface area contributed by atoms with Crippen LogP contribution in [0.5, 0.6) is 0 Å². The lowest BCUT2D eigenvalue weighted by Gasteiger charge is -2.34. The van der Waals surface area contributed by atoms with E-state index in [-0.39, 0.29) is 17.6 Å². The molecule has 29 heavy (non-hydrogen) atoms. The van der Waals surface area contributed by atoms with Crippen LogP contribution < -0.4 is 10.6 Å². The lowest BCUT2D eigenvalue weighted by Crippen LogP contribution is -2.35. The summed E-state index contributed by atoms with van der Waals surface area (Å²) in [5.41, 5.74) is 5.98. The molecule has 0 saturated heterocycles. The van der Waals surface area contributed by atoms with Crippen molar-refractivity contribution < 1.29 is 9.59 Å². The molecule has 2 aromatic rings. The van der Waals surface area contributed by atoms with Crippen LogP contribution in [0.2, 0.25) is 0 Å². The number of nitrogens with one attached hydrogen (secondary N) is 2. The quantitative estimate of drug-likeness (QED) is 0.823. The summed E-state index contributed by atoms with van der Waals surface area (Å²) in [4.78, 5) is 30.6. The first-order chi connectivity index (χ1) is 13.9. The van der Waals surface area contributed by atoms with Gasteiger partial charge in [-0.05, 0) is 51.3 Å². The molecule has 4 rings (SSSR count). The summed E-state index contributed by atoms with van der Waals surface area (Å²) in [6.07, 6.45) is 2.19. The summed E-state index contributed by atoms with van der Waals surface area (Å²) in [7, 11) is 0. The molecule has 2 heterocycles. The number of hydrogen-bond acceptors (Lipinski definition) is 4. The van der Waals surface area contributed by atoms with E-state index in [0.29, 0.717) is 17.8 Å². The van der Waals surface area contributed by atoms with Crippen molar-refractivity contribution in [1.29, 1.82) is 0 Å². The van der Waals surface area contributed by atoms with Crippen LogP contribution in [-0.4, -0.2) is 16.7 Å². The van der Waals surface area contributed by atoms with Gasteiger partial charge in [0.2, 0.25) is 0 Å². The van der Waals surface area contributed by atoms with E-state index in [9.17, 15) is 9.59 Å². The van der Waals surface area contributed by atoms with Crippen LogP contribution in [0.25, 0.3) is 0 Å². The molecule has 148 valence electrons. The number of anilines is 1. The third-order valence-electron chi connectivity index (χ3n) is 5.56. The third kappa shape index (κ3) is 3.73. The van der Waals surface area contributed by atoms with Crippen molar-refractivity contribution in [3.8, 4) is 0 Å². The Morgan fingerprint density at radius 2 is 1.83 bits per heavy atom. The molecule has 0 spiro atoms. The summed E-state index contributed by atoms with van der Waals surface area (Å²) in [5.74, 6) is 0.0246. The number of dihydropyridines is 1. The van der Waals surface area contributed by atoms with Gasteiger partial charge in [0.25, 0.3) is 5.91 Å². The number of carbonyl (C=O) groups is 2. The molecule has 1 aliphatic heterocycles. The highest BCUT2D eigenvalue weighted by Crippen LogP contribution is 2.42. The maximum absolute atomic E-state index is 13.3. The first kappa shape index (κ1) is 19.1. The average molecular weight is 387 g/mol. The fourth-order valence-corrected chi connectivity index (χ4v) is 4.17. The van der Waals surface area contributed by atoms with Crippen LogP contribution in [0.15, 0.2) is 65.0 Å². The Labute approximate surface area is 170 Å². The van der Waals surface area contributed by atoms with E-state index in [2.05, 4.69) is 15.6 Å². The van der Waals surface area contributed by atoms with Crippen molar-refractivity contribution in [2.75, 3.05) is 5.32 Å². The molecule has 1 aromatic carbocycles. The van der Waals surface area contributed by atoms with Gasteiger partial charge in [0, 0.05) is 40.6 Å². The summed E-state index contributed by atoms with van der Waals surface area (Å²) < 4.78 is 0. The monoisotopic (exact) mass is 387 g/mol. The van der Waals surface area contributed by atoms with Gasteiger partial charge < -0.3 is 10.6 Å². The Morgan fingerprint density at radius 3 is 2.55 bits per heavy atom. The highest BCUT2D eigenvalue weighted by Gasteiger charge is 2.38. The maximum Gasteiger partial charge on any atom is 0.255 e. The van der Waals surface area contributed by atoms with Crippen molar-refractivity contribution in [2.45, 2.75) is 46.0 Å². The zero-order valence-corrected chi connectivity index (χ0v) is 17.0. The van der Waals surface area contributed by atoms with Gasteiger partial charge in [-0.3, -0.25) is 9.59 Å². The molecule has 1 amide bonds. The first-order valence-electron chi connectivity index (χ1n) is 9.99. The number of pyridine rings is 1. The molecule has 0 radical (unpaired) electrons. The second kappa shape index (κ2) is 7.66. The number of hydrogen-bond donors (Lipinski definition) is 2. The van der Waals surface area contributed by atoms with Crippen LogP contribution >= 0.6 is 0 Å². The predicted octanol–water partition coefficient (Wildman–Crippen LogP) is 4.31. The van der Waals surface area contributed by atoms with Gasteiger partial charge >= 0.3 is 0 Å². The molecule has 1 unspecified atom stereocenters. The van der Waals surface area contributed by atoms with Crippen molar-refractivity contribution in [3.63, 3.8) is 0 Å². The Morgan fingerprint density at radius 1 is 1.07 bits per heavy atom. The highest BCUT2D eigenvalue weighted by atomic mass is 16.2. The van der Waals surface area contributed by atoms with Crippen molar-refractivity contribution in [2.24, 2.45) is 0 Å². The largest absolute Gasteiger partial charge is 0.362 e. The van der Waals surface area contributed by atoms with E-state index in [1.54, 1.807) is 6.07 Å². The number of allylic oxidation sites excluding steroid dienone is 3. The van der Waals surface area contributed by atoms with Gasteiger partial charge in [0.1, 0.15) is 5.82 Å². The molecule has 2 N–H and O–H groups in total. The minimum atomic E-state index is -0.371. The second-order valence-electron chi connectivity index (χ2n) is 7.79. The van der Waals surface area contributed by atoms with Crippen LogP contribution in [0.1, 0.15) is 48.9 Å². The van der Waals surface area contributed by atoms with Crippen molar-refractivity contribution in [1.82, 2.24) is 10.3 Å². The zero-order chi connectivity index (χ0) is 20.5. The molecule has 1 atom stereocenters. The number of Topliss-reactive ketones (excluding diaryl/α,β-unsaturated/α-hetero) is 1. The zero-order valence-electron chi connectivity index (χ0n) is 17.0. The predicted molar refractivity (Wildman–Crippen MR) is 113 cm³/mol. The second-order valence-corrected chi connectivity index (χ2v) is 7.79. The van der Waals surface area contributed by atoms with Gasteiger partial charge in [0.15, 0.2) is 5.78 Å². The summed E-state index contributed by atoms with van der Waals surface area (Å²) in [6.45, 7) is 5.82. The summed E-state index contributed by atoms with van der Waals surface area (Å²) in [5, 5.41) is 6.27. The van der Waals surface area contributed by atoms with Crippen molar-refractivity contribution in [3.05, 3.63) is 81.8 Å². The Hall–Kier alpha value is -3.21. The van der Waals surface area contributed by atoms with Gasteiger partial charge in [-0.2, -0.15) is 0 Å². The molecule has 2 aliphatic rings. The summed E-state index contributed by atoms with van der Waals surface area (Å²) >= 11 is 0. The van der Waals surface area contributed by atoms with Crippen LogP contribution in [-0.2, 0) is 9.59 Å². The van der Waals surface area contributed by atoms with E-state index in [1.807, 2.05) is 57.2 Å². The number of carbonyl (C=O) groups excluding carboxylic acids is 2. The molecule has 1 aliphatic carbocycles. The minimum Gasteiger partial charge on any atom is -0.362 e. The number of nitrogens with zero attached hydrogens (tertiary/aromatic N) is 1. The van der Waals surface area contributed by atoms with Gasteiger partial charge in [0.05, 0.1) is 0 Å². The fourth-order valence-electron chi connectivity index (χ4n) is 4.17. The van der Waals surface area contributed by atoms with E-state index in [1.165, 1.54) is 0 Å². The average Bonchev–Trinajstić information content (AvgIpc) is 2.67. The molecule has 5 nitrogen and oxygen atoms in total. The SMILES string of the molecule is CC1=C(C(=O)Nc2cccc(C)n2)C(c2ccc(C)cc2)C2=C(CCCC2=O)N1. The highest BCUT2D eigenvalue weighted by molar-refractivity contribution is 6.09. The number of benzene rings is 1. The number of aromatic nitrogens is 1. The van der Waals surface area contributed by atoms with Gasteiger partial charge in [-0.15, -0.1) is 0 Å². The summed E-state index contributed by atoms with van der Waals surface area (Å²) in [6, 6.07) is 13.6. The minimum absolute atomic E-state index is 0.121. The fraction of sp³-hybridized carbons (Fsp3) is 0.292. The lowest BCUT2D eigenvalue weighted by molar-refractivity contribution is -0.116. The van der Waals surface area contributed by atoms with E-state index in [4.69, 9.17) is 0 Å². The Bertz CT molecular complexity index is 1050.